The van der Waals surface area contributed by atoms with Gasteiger partial charge < -0.3 is 26.8 Å². The number of carboxylic acid groups (broad SMARTS) is 3. The summed E-state index contributed by atoms with van der Waals surface area (Å²) in [5, 5.41) is 33.8. The third-order valence-corrected chi connectivity index (χ3v) is 12.8. The molecular formula is C52H61N5O12S2. The number of nitrogens with two attached hydrogens (primary N) is 2. The first kappa shape index (κ1) is 57.6. The van der Waals surface area contributed by atoms with Crippen molar-refractivity contribution in [2.45, 2.75) is 86.8 Å². The normalized spacial score (nSPS) is 10.6. The van der Waals surface area contributed by atoms with E-state index in [0.717, 1.165) is 46.5 Å². The second-order valence-corrected chi connectivity index (χ2v) is 19.2. The zero-order valence-electron chi connectivity index (χ0n) is 39.0. The summed E-state index contributed by atoms with van der Waals surface area (Å²) in [5.41, 5.74) is 19.3. The molecule has 19 heteroatoms. The van der Waals surface area contributed by atoms with Crippen molar-refractivity contribution in [1.29, 1.82) is 0 Å². The van der Waals surface area contributed by atoms with Gasteiger partial charge in [0.15, 0.2) is 0 Å². The zero-order valence-corrected chi connectivity index (χ0v) is 40.7. The van der Waals surface area contributed by atoms with Crippen molar-refractivity contribution < 1.29 is 56.5 Å². The lowest BCUT2D eigenvalue weighted by molar-refractivity contribution is -0.138. The Hall–Kier alpha value is -7.74. The van der Waals surface area contributed by atoms with Crippen LogP contribution in [0.15, 0.2) is 168 Å². The number of hydroxylamine groups is 1. The molecule has 378 valence electrons. The van der Waals surface area contributed by atoms with Gasteiger partial charge in [0, 0.05) is 48.4 Å². The molecule has 1 amide bonds. The summed E-state index contributed by atoms with van der Waals surface area (Å²) in [6, 6.07) is 45.3. The number of carbonyl (C=O) groups excluding carboxylic acids is 1. The SMILES string of the molecule is Nc1ccc(CCCC(=O)O)cc1.Nc1ccc(CCCC(=O)O)cc1.O=C(CCCc1ccc(NS(=O)(=O)c2ccccc2)cc1)NO.O=C(O)CCCc1ccc(NS(=O)(=O)c2ccccc2)cc1. The molecule has 17 nitrogen and oxygen atoms in total. The van der Waals surface area contributed by atoms with Gasteiger partial charge in [0.2, 0.25) is 5.91 Å². The van der Waals surface area contributed by atoms with Gasteiger partial charge in [0.25, 0.3) is 20.0 Å². The number of rotatable bonds is 22. The zero-order chi connectivity index (χ0) is 52.1. The fourth-order valence-electron chi connectivity index (χ4n) is 6.32. The Morgan fingerprint density at radius 2 is 0.662 bits per heavy atom. The molecule has 71 heavy (non-hydrogen) atoms. The molecule has 0 aliphatic rings. The van der Waals surface area contributed by atoms with E-state index >= 15 is 0 Å². The van der Waals surface area contributed by atoms with Crippen LogP contribution in [0.4, 0.5) is 22.7 Å². The molecule has 0 bridgehead atoms. The number of anilines is 4. The molecule has 0 unspecified atom stereocenters. The van der Waals surface area contributed by atoms with Gasteiger partial charge in [-0.2, -0.15) is 0 Å². The molecule has 0 atom stereocenters. The van der Waals surface area contributed by atoms with E-state index in [1.54, 1.807) is 90.4 Å². The fraction of sp³-hybridized carbons (Fsp3) is 0.231. The Bertz CT molecular complexity index is 2700. The summed E-state index contributed by atoms with van der Waals surface area (Å²) in [6.45, 7) is 0. The highest BCUT2D eigenvalue weighted by atomic mass is 32.2. The van der Waals surface area contributed by atoms with Crippen LogP contribution in [0.3, 0.4) is 0 Å². The topological polar surface area (TPSA) is 306 Å². The number of hydrogen-bond acceptors (Lipinski definition) is 11. The lowest BCUT2D eigenvalue weighted by Crippen LogP contribution is -2.18. The molecule has 0 aliphatic carbocycles. The maximum Gasteiger partial charge on any atom is 0.303 e. The fourth-order valence-corrected chi connectivity index (χ4v) is 8.47. The van der Waals surface area contributed by atoms with Gasteiger partial charge in [-0.15, -0.1) is 0 Å². The Labute approximate surface area is 414 Å². The Morgan fingerprint density at radius 1 is 0.394 bits per heavy atom. The third kappa shape index (κ3) is 24.4. The lowest BCUT2D eigenvalue weighted by Gasteiger charge is -2.09. The third-order valence-electron chi connectivity index (χ3n) is 10.0. The van der Waals surface area contributed by atoms with Crippen LogP contribution in [0.25, 0.3) is 0 Å². The van der Waals surface area contributed by atoms with Gasteiger partial charge in [0.05, 0.1) is 9.79 Å². The number of amides is 1. The van der Waals surface area contributed by atoms with Crippen LogP contribution >= 0.6 is 0 Å². The molecule has 6 aromatic carbocycles. The van der Waals surface area contributed by atoms with Crippen molar-refractivity contribution in [3.8, 4) is 0 Å². The summed E-state index contributed by atoms with van der Waals surface area (Å²) >= 11 is 0. The summed E-state index contributed by atoms with van der Waals surface area (Å²) in [4.78, 5) is 42.2. The molecule has 0 radical (unpaired) electrons. The maximum atomic E-state index is 12.2. The van der Waals surface area contributed by atoms with Gasteiger partial charge in [-0.25, -0.2) is 22.3 Å². The molecular weight excluding hydrogens is 951 g/mol. The Balaban J connectivity index is 0.000000259. The Kier molecular flexibility index (Phi) is 24.9. The molecule has 0 heterocycles. The van der Waals surface area contributed by atoms with Gasteiger partial charge in [-0.05, 0) is 146 Å². The van der Waals surface area contributed by atoms with Crippen molar-refractivity contribution in [3.63, 3.8) is 0 Å². The monoisotopic (exact) mass is 1010 g/mol. The largest absolute Gasteiger partial charge is 0.481 e. The number of nitrogen functional groups attached to an aromatic ring is 2. The molecule has 0 saturated heterocycles. The molecule has 6 aromatic rings. The number of carboxylic acids is 3. The first-order valence-corrected chi connectivity index (χ1v) is 25.4. The molecule has 0 spiro atoms. The first-order valence-electron chi connectivity index (χ1n) is 22.5. The molecule has 0 aromatic heterocycles. The number of sulfonamides is 2. The van der Waals surface area contributed by atoms with Gasteiger partial charge >= 0.3 is 17.9 Å². The van der Waals surface area contributed by atoms with E-state index in [1.165, 1.54) is 24.3 Å². The van der Waals surface area contributed by atoms with Crippen LogP contribution in [-0.2, 0) is 64.9 Å². The standard InChI is InChI=1S/C16H18N2O4S.C16H17NO4S.2C10H13NO2/c19-16(17-20)8-4-5-13-9-11-14(12-10-13)18-23(21,22)15-6-2-1-3-7-15;18-16(19)8-4-5-13-9-11-14(12-10-13)17-22(20,21)15-6-2-1-3-7-15;2*11-9-6-4-8(5-7-9)2-1-3-10(12)13/h1-3,6-7,9-12,18,20H,4-5,8H2,(H,17,19);1-3,6-7,9-12,17H,4-5,8H2,(H,18,19);2*4-7H,1-3,11H2,(H,12,13). The second kappa shape index (κ2) is 30.7. The van der Waals surface area contributed by atoms with E-state index in [4.69, 9.17) is 32.0 Å². The summed E-state index contributed by atoms with van der Waals surface area (Å²) in [7, 11) is -7.17. The average Bonchev–Trinajstić information content (AvgIpc) is 3.34. The van der Waals surface area contributed by atoms with Gasteiger partial charge in [0.1, 0.15) is 0 Å². The summed E-state index contributed by atoms with van der Waals surface area (Å²) < 4.78 is 53.7. The molecule has 0 fully saturated rings. The molecule has 0 aliphatic heterocycles. The molecule has 11 N–H and O–H groups in total. The molecule has 0 saturated carbocycles. The number of hydrogen-bond donors (Lipinski definition) is 9. The van der Waals surface area contributed by atoms with Crippen LogP contribution in [0.5, 0.6) is 0 Å². The Morgan fingerprint density at radius 3 is 0.930 bits per heavy atom. The second-order valence-electron chi connectivity index (χ2n) is 15.8. The minimum absolute atomic E-state index is 0.127. The van der Waals surface area contributed by atoms with Crippen LogP contribution in [0, 0.1) is 0 Å². The lowest BCUT2D eigenvalue weighted by atomic mass is 10.1. The average molecular weight is 1010 g/mol. The van der Waals surface area contributed by atoms with Gasteiger partial charge in [-0.1, -0.05) is 84.9 Å². The first-order chi connectivity index (χ1) is 33.8. The summed E-state index contributed by atoms with van der Waals surface area (Å²) in [6.07, 6.45) is 6.25. The predicted molar refractivity (Wildman–Crippen MR) is 274 cm³/mol. The highest BCUT2D eigenvalue weighted by molar-refractivity contribution is 7.93. The highest BCUT2D eigenvalue weighted by Crippen LogP contribution is 2.19. The van der Waals surface area contributed by atoms with E-state index in [0.29, 0.717) is 49.9 Å². The maximum absolute atomic E-state index is 12.2. The highest BCUT2D eigenvalue weighted by Gasteiger charge is 2.14. The minimum atomic E-state index is -3.59. The van der Waals surface area contributed by atoms with E-state index in [-0.39, 0.29) is 35.5 Å². The van der Waals surface area contributed by atoms with Crippen molar-refractivity contribution in [3.05, 3.63) is 180 Å². The van der Waals surface area contributed by atoms with Crippen LogP contribution in [0.1, 0.15) is 73.6 Å². The van der Waals surface area contributed by atoms with E-state index < -0.39 is 43.9 Å². The number of carbonyl (C=O) groups is 4. The summed E-state index contributed by atoms with van der Waals surface area (Å²) in [5.74, 6) is -2.71. The van der Waals surface area contributed by atoms with E-state index in [1.807, 2.05) is 48.5 Å². The smallest absolute Gasteiger partial charge is 0.303 e. The number of nitrogens with one attached hydrogen (secondary N) is 3. The number of benzene rings is 6. The van der Waals surface area contributed by atoms with Crippen molar-refractivity contribution >= 4 is 66.6 Å². The molecule has 6 rings (SSSR count). The predicted octanol–water partition coefficient (Wildman–Crippen LogP) is 8.56. The minimum Gasteiger partial charge on any atom is -0.481 e. The van der Waals surface area contributed by atoms with Crippen molar-refractivity contribution in [2.24, 2.45) is 0 Å². The number of aryl methyl sites for hydroxylation is 4. The van der Waals surface area contributed by atoms with Crippen molar-refractivity contribution in [1.82, 2.24) is 5.48 Å². The van der Waals surface area contributed by atoms with Crippen molar-refractivity contribution in [2.75, 3.05) is 20.9 Å². The number of aliphatic carboxylic acids is 3. The quantitative estimate of drug-likeness (QED) is 0.0175. The van der Waals surface area contributed by atoms with E-state index in [9.17, 15) is 36.0 Å². The van der Waals surface area contributed by atoms with E-state index in [2.05, 4.69) is 9.44 Å². The van der Waals surface area contributed by atoms with Gasteiger partial charge in [-0.3, -0.25) is 33.8 Å². The van der Waals surface area contributed by atoms with Crippen LogP contribution in [0.2, 0.25) is 0 Å². The van der Waals surface area contributed by atoms with Crippen LogP contribution in [-0.4, -0.2) is 61.2 Å². The van der Waals surface area contributed by atoms with Crippen LogP contribution < -0.4 is 26.4 Å².